The van der Waals surface area contributed by atoms with Gasteiger partial charge in [-0.05, 0) is 44.3 Å². The minimum absolute atomic E-state index is 0.806. The van der Waals surface area contributed by atoms with Gasteiger partial charge in [-0.25, -0.2) is 0 Å². The van der Waals surface area contributed by atoms with Gasteiger partial charge < -0.3 is 5.32 Å². The topological polar surface area (TPSA) is 29.9 Å². The van der Waals surface area contributed by atoms with Gasteiger partial charge in [0.05, 0.1) is 5.69 Å². The van der Waals surface area contributed by atoms with Gasteiger partial charge in [0.1, 0.15) is 0 Å². The van der Waals surface area contributed by atoms with E-state index < -0.39 is 0 Å². The summed E-state index contributed by atoms with van der Waals surface area (Å²) in [5.74, 6) is 0.806. The van der Waals surface area contributed by atoms with Crippen molar-refractivity contribution in [2.24, 2.45) is 13.0 Å². The lowest BCUT2D eigenvalue weighted by Gasteiger charge is -2.22. The third kappa shape index (κ3) is 2.87. The molecule has 2 aromatic rings. The van der Waals surface area contributed by atoms with Crippen molar-refractivity contribution in [3.8, 4) is 11.3 Å². The summed E-state index contributed by atoms with van der Waals surface area (Å²) in [6, 6.07) is 12.7. The van der Waals surface area contributed by atoms with Gasteiger partial charge in [0, 0.05) is 18.3 Å². The SMILES string of the molecule is Cn1nc(-c2ccccc2)cc1CC1CCNCC1. The molecule has 3 rings (SSSR count). The number of piperidine rings is 1. The molecule has 1 N–H and O–H groups in total. The molecule has 100 valence electrons. The monoisotopic (exact) mass is 255 g/mol. The maximum atomic E-state index is 4.65. The summed E-state index contributed by atoms with van der Waals surface area (Å²) in [5, 5.41) is 8.07. The number of aryl methyl sites for hydroxylation is 1. The minimum atomic E-state index is 0.806. The summed E-state index contributed by atoms with van der Waals surface area (Å²) >= 11 is 0. The van der Waals surface area contributed by atoms with Crippen molar-refractivity contribution in [1.29, 1.82) is 0 Å². The Morgan fingerprint density at radius 3 is 2.68 bits per heavy atom. The van der Waals surface area contributed by atoms with Gasteiger partial charge >= 0.3 is 0 Å². The molecule has 1 saturated heterocycles. The summed E-state index contributed by atoms with van der Waals surface area (Å²) < 4.78 is 2.05. The summed E-state index contributed by atoms with van der Waals surface area (Å²) in [6.45, 7) is 2.32. The number of benzene rings is 1. The predicted molar refractivity (Wildman–Crippen MR) is 77.9 cm³/mol. The summed E-state index contributed by atoms with van der Waals surface area (Å²) in [5.41, 5.74) is 3.65. The van der Waals surface area contributed by atoms with Crippen molar-refractivity contribution in [2.75, 3.05) is 13.1 Å². The fourth-order valence-electron chi connectivity index (χ4n) is 2.83. The van der Waals surface area contributed by atoms with E-state index in [1.54, 1.807) is 0 Å². The molecule has 0 saturated carbocycles. The van der Waals surface area contributed by atoms with Crippen LogP contribution in [0.1, 0.15) is 18.5 Å². The van der Waals surface area contributed by atoms with Crippen molar-refractivity contribution in [3.63, 3.8) is 0 Å². The Morgan fingerprint density at radius 1 is 1.21 bits per heavy atom. The second kappa shape index (κ2) is 5.57. The molecular weight excluding hydrogens is 234 g/mol. The lowest BCUT2D eigenvalue weighted by atomic mass is 9.93. The number of rotatable bonds is 3. The van der Waals surface area contributed by atoms with E-state index in [0.717, 1.165) is 31.1 Å². The fourth-order valence-corrected chi connectivity index (χ4v) is 2.83. The molecule has 0 amide bonds. The first-order chi connectivity index (χ1) is 9.33. The smallest absolute Gasteiger partial charge is 0.0925 e. The molecule has 0 bridgehead atoms. The van der Waals surface area contributed by atoms with Crippen LogP contribution < -0.4 is 5.32 Å². The second-order valence-corrected chi connectivity index (χ2v) is 5.41. The minimum Gasteiger partial charge on any atom is -0.317 e. The molecule has 0 unspecified atom stereocenters. The van der Waals surface area contributed by atoms with Gasteiger partial charge in [-0.15, -0.1) is 0 Å². The Hall–Kier alpha value is -1.61. The molecule has 2 heterocycles. The van der Waals surface area contributed by atoms with E-state index in [-0.39, 0.29) is 0 Å². The van der Waals surface area contributed by atoms with E-state index in [9.17, 15) is 0 Å². The summed E-state index contributed by atoms with van der Waals surface area (Å²) in [6.07, 6.45) is 3.72. The lowest BCUT2D eigenvalue weighted by molar-refractivity contribution is 0.366. The van der Waals surface area contributed by atoms with Crippen molar-refractivity contribution >= 4 is 0 Å². The average Bonchev–Trinajstić information content (AvgIpc) is 2.82. The van der Waals surface area contributed by atoms with E-state index >= 15 is 0 Å². The zero-order valence-electron chi connectivity index (χ0n) is 11.5. The van der Waals surface area contributed by atoms with Crippen LogP contribution in [0.2, 0.25) is 0 Å². The van der Waals surface area contributed by atoms with Crippen LogP contribution >= 0.6 is 0 Å². The van der Waals surface area contributed by atoms with Crippen molar-refractivity contribution in [2.45, 2.75) is 19.3 Å². The first-order valence-corrected chi connectivity index (χ1v) is 7.12. The highest BCUT2D eigenvalue weighted by Crippen LogP contribution is 2.22. The van der Waals surface area contributed by atoms with E-state index in [2.05, 4.69) is 47.8 Å². The first-order valence-electron chi connectivity index (χ1n) is 7.12. The maximum absolute atomic E-state index is 4.65. The molecule has 1 fully saturated rings. The zero-order chi connectivity index (χ0) is 13.1. The molecular formula is C16H21N3. The van der Waals surface area contributed by atoms with Crippen molar-refractivity contribution in [3.05, 3.63) is 42.1 Å². The molecule has 0 atom stereocenters. The molecule has 0 spiro atoms. The van der Waals surface area contributed by atoms with Crippen LogP contribution in [0, 0.1) is 5.92 Å². The van der Waals surface area contributed by atoms with Gasteiger partial charge in [-0.2, -0.15) is 5.10 Å². The van der Waals surface area contributed by atoms with E-state index in [1.165, 1.54) is 24.1 Å². The number of nitrogens with zero attached hydrogens (tertiary/aromatic N) is 2. The molecule has 3 heteroatoms. The summed E-state index contributed by atoms with van der Waals surface area (Å²) in [7, 11) is 2.06. The van der Waals surface area contributed by atoms with Gasteiger partial charge in [0.15, 0.2) is 0 Å². The van der Waals surface area contributed by atoms with Gasteiger partial charge in [0.2, 0.25) is 0 Å². The van der Waals surface area contributed by atoms with Crippen molar-refractivity contribution < 1.29 is 0 Å². The van der Waals surface area contributed by atoms with Gasteiger partial charge in [-0.3, -0.25) is 4.68 Å². The first kappa shape index (κ1) is 12.4. The fraction of sp³-hybridized carbons (Fsp3) is 0.438. The quantitative estimate of drug-likeness (QED) is 0.913. The van der Waals surface area contributed by atoms with Crippen LogP contribution in [-0.4, -0.2) is 22.9 Å². The summed E-state index contributed by atoms with van der Waals surface area (Å²) in [4.78, 5) is 0. The lowest BCUT2D eigenvalue weighted by Crippen LogP contribution is -2.29. The highest BCUT2D eigenvalue weighted by Gasteiger charge is 2.16. The molecule has 3 nitrogen and oxygen atoms in total. The van der Waals surface area contributed by atoms with Crippen LogP contribution in [0.5, 0.6) is 0 Å². The molecule has 1 aromatic carbocycles. The molecule has 1 aliphatic rings. The van der Waals surface area contributed by atoms with Crippen LogP contribution in [0.3, 0.4) is 0 Å². The third-order valence-corrected chi connectivity index (χ3v) is 4.00. The van der Waals surface area contributed by atoms with Crippen LogP contribution in [0.4, 0.5) is 0 Å². The number of aromatic nitrogens is 2. The van der Waals surface area contributed by atoms with Crippen LogP contribution in [0.15, 0.2) is 36.4 Å². The van der Waals surface area contributed by atoms with E-state index in [4.69, 9.17) is 0 Å². The van der Waals surface area contributed by atoms with E-state index in [0.29, 0.717) is 0 Å². The van der Waals surface area contributed by atoms with Crippen molar-refractivity contribution in [1.82, 2.24) is 15.1 Å². The number of nitrogens with one attached hydrogen (secondary N) is 1. The van der Waals surface area contributed by atoms with Gasteiger partial charge in [0.25, 0.3) is 0 Å². The van der Waals surface area contributed by atoms with E-state index in [1.807, 2.05) is 10.7 Å². The predicted octanol–water partition coefficient (Wildman–Crippen LogP) is 2.63. The molecule has 0 aliphatic carbocycles. The van der Waals surface area contributed by atoms with Gasteiger partial charge in [-0.1, -0.05) is 30.3 Å². The molecule has 1 aromatic heterocycles. The van der Waals surface area contributed by atoms with Crippen LogP contribution in [0.25, 0.3) is 11.3 Å². The Bertz CT molecular complexity index is 524. The maximum Gasteiger partial charge on any atom is 0.0925 e. The normalized spacial score (nSPS) is 16.7. The Balaban J connectivity index is 1.77. The molecule has 0 radical (unpaired) electrons. The second-order valence-electron chi connectivity index (χ2n) is 5.41. The Kier molecular flexibility index (Phi) is 3.65. The highest BCUT2D eigenvalue weighted by atomic mass is 15.3. The largest absolute Gasteiger partial charge is 0.317 e. The third-order valence-electron chi connectivity index (χ3n) is 4.00. The average molecular weight is 255 g/mol. The zero-order valence-corrected chi connectivity index (χ0v) is 11.5. The Labute approximate surface area is 114 Å². The van der Waals surface area contributed by atoms with Crippen LogP contribution in [-0.2, 0) is 13.5 Å². The molecule has 1 aliphatic heterocycles. The standard InChI is InChI=1S/C16H21N3/c1-19-15(11-13-7-9-17-10-8-13)12-16(18-19)14-5-3-2-4-6-14/h2-6,12-13,17H,7-11H2,1H3. The highest BCUT2D eigenvalue weighted by molar-refractivity contribution is 5.59. The Morgan fingerprint density at radius 2 is 1.95 bits per heavy atom. The number of hydrogen-bond acceptors (Lipinski definition) is 2. The molecule has 19 heavy (non-hydrogen) atoms. The number of hydrogen-bond donors (Lipinski definition) is 1.